The molecule has 0 amide bonds. The van der Waals surface area contributed by atoms with Crippen molar-refractivity contribution >= 4 is 11.7 Å². The van der Waals surface area contributed by atoms with Gasteiger partial charge in [-0.3, -0.25) is 4.79 Å². The van der Waals surface area contributed by atoms with Gasteiger partial charge in [-0.2, -0.15) is 13.2 Å². The maximum atomic E-state index is 12.8. The minimum absolute atomic E-state index is 0.0782. The van der Waals surface area contributed by atoms with Crippen LogP contribution in [0.5, 0.6) is 5.75 Å². The Kier molecular flexibility index (Phi) is 6.58. The lowest BCUT2D eigenvalue weighted by Crippen LogP contribution is -2.21. The van der Waals surface area contributed by atoms with Gasteiger partial charge in [-0.15, -0.1) is 0 Å². The van der Waals surface area contributed by atoms with E-state index in [9.17, 15) is 18.0 Å². The number of carbonyl (C=O) groups is 1. The van der Waals surface area contributed by atoms with E-state index in [1.54, 1.807) is 13.0 Å². The molecule has 0 aromatic heterocycles. The molecule has 1 fully saturated rings. The molecule has 0 aliphatic heterocycles. The summed E-state index contributed by atoms with van der Waals surface area (Å²) >= 11 is 0. The number of hydrogen-bond donors (Lipinski definition) is 1. The smallest absolute Gasteiger partial charge is 0.422 e. The number of ether oxygens (including phenoxy) is 2. The van der Waals surface area contributed by atoms with Gasteiger partial charge in [0.2, 0.25) is 0 Å². The molecule has 3 rings (SSSR count). The second-order valence-electron chi connectivity index (χ2n) is 7.73. The van der Waals surface area contributed by atoms with Gasteiger partial charge in [0.05, 0.1) is 18.2 Å². The van der Waals surface area contributed by atoms with Gasteiger partial charge in [0.1, 0.15) is 5.75 Å². The number of aryl methyl sites for hydroxylation is 1. The largest absolute Gasteiger partial charge is 0.482 e. The monoisotopic (exact) mass is 421 g/mol. The molecule has 30 heavy (non-hydrogen) atoms. The third-order valence-corrected chi connectivity index (χ3v) is 5.16. The molecule has 1 unspecified atom stereocenters. The Bertz CT molecular complexity index is 890. The van der Waals surface area contributed by atoms with Crippen LogP contribution in [-0.2, 0) is 9.53 Å². The molecule has 0 saturated heterocycles. The number of nitrogens with two attached hydrogens (primary N) is 1. The third-order valence-electron chi connectivity index (χ3n) is 5.16. The van der Waals surface area contributed by atoms with Crippen LogP contribution in [0.25, 0.3) is 11.1 Å². The van der Waals surface area contributed by atoms with Crippen LogP contribution in [0.4, 0.5) is 18.9 Å². The van der Waals surface area contributed by atoms with Crippen LogP contribution in [0.1, 0.15) is 43.2 Å². The van der Waals surface area contributed by atoms with Gasteiger partial charge in [0, 0.05) is 5.56 Å². The van der Waals surface area contributed by atoms with Crippen molar-refractivity contribution in [2.75, 3.05) is 18.9 Å². The quantitative estimate of drug-likeness (QED) is 0.443. The number of anilines is 1. The van der Waals surface area contributed by atoms with Gasteiger partial charge in [0.25, 0.3) is 0 Å². The van der Waals surface area contributed by atoms with Crippen LogP contribution in [0.15, 0.2) is 36.4 Å². The van der Waals surface area contributed by atoms with Crippen LogP contribution in [0, 0.1) is 12.8 Å². The minimum Gasteiger partial charge on any atom is -0.482 e. The lowest BCUT2D eigenvalue weighted by Gasteiger charge is -2.21. The van der Waals surface area contributed by atoms with Gasteiger partial charge in [-0.1, -0.05) is 42.7 Å². The summed E-state index contributed by atoms with van der Waals surface area (Å²) in [5.74, 6) is -0.619. The fourth-order valence-electron chi connectivity index (χ4n) is 3.40. The molecule has 1 aliphatic carbocycles. The van der Waals surface area contributed by atoms with Gasteiger partial charge >= 0.3 is 12.1 Å². The number of esters is 1. The van der Waals surface area contributed by atoms with Gasteiger partial charge in [-0.25, -0.2) is 0 Å². The van der Waals surface area contributed by atoms with Gasteiger partial charge in [-0.05, 0) is 49.4 Å². The number of hydrogen-bond acceptors (Lipinski definition) is 4. The molecule has 1 aliphatic rings. The highest BCUT2D eigenvalue weighted by atomic mass is 19.4. The van der Waals surface area contributed by atoms with Crippen molar-refractivity contribution in [1.29, 1.82) is 0 Å². The SMILES string of the molecule is CCOC(=O)C(CC1CC1)c1cc(OCC(F)(F)F)c(N)c(-c2ccc(C)cc2)c1. The summed E-state index contributed by atoms with van der Waals surface area (Å²) in [6.45, 7) is 2.44. The molecular weight excluding hydrogens is 395 g/mol. The summed E-state index contributed by atoms with van der Waals surface area (Å²) < 4.78 is 48.6. The summed E-state index contributed by atoms with van der Waals surface area (Å²) in [6, 6.07) is 10.7. The fraction of sp³-hybridized carbons (Fsp3) is 0.435. The number of carbonyl (C=O) groups excluding carboxylic acids is 1. The molecule has 2 aromatic carbocycles. The summed E-state index contributed by atoms with van der Waals surface area (Å²) in [4.78, 5) is 12.6. The van der Waals surface area contributed by atoms with E-state index in [2.05, 4.69) is 0 Å². The lowest BCUT2D eigenvalue weighted by molar-refractivity contribution is -0.153. The van der Waals surface area contributed by atoms with Gasteiger partial charge < -0.3 is 15.2 Å². The van der Waals surface area contributed by atoms with E-state index >= 15 is 0 Å². The Morgan fingerprint density at radius 3 is 2.43 bits per heavy atom. The summed E-state index contributed by atoms with van der Waals surface area (Å²) in [6.07, 6.45) is -1.84. The third kappa shape index (κ3) is 5.68. The summed E-state index contributed by atoms with van der Waals surface area (Å²) in [5, 5.41) is 0. The van der Waals surface area contributed by atoms with Crippen molar-refractivity contribution in [3.63, 3.8) is 0 Å². The van der Waals surface area contributed by atoms with Crippen LogP contribution in [-0.4, -0.2) is 25.4 Å². The highest BCUT2D eigenvalue weighted by Gasteiger charge is 2.33. The molecule has 2 N–H and O–H groups in total. The number of nitrogen functional groups attached to an aromatic ring is 1. The van der Waals surface area contributed by atoms with Crippen molar-refractivity contribution in [3.05, 3.63) is 47.5 Å². The molecule has 2 aromatic rings. The summed E-state index contributed by atoms with van der Waals surface area (Å²) in [5.41, 5.74) is 9.18. The first-order valence-electron chi connectivity index (χ1n) is 10.0. The molecule has 1 saturated carbocycles. The second-order valence-corrected chi connectivity index (χ2v) is 7.73. The molecule has 7 heteroatoms. The van der Waals surface area contributed by atoms with Crippen molar-refractivity contribution in [2.45, 2.75) is 45.2 Å². The topological polar surface area (TPSA) is 61.5 Å². The van der Waals surface area contributed by atoms with E-state index in [1.165, 1.54) is 6.07 Å². The predicted molar refractivity (Wildman–Crippen MR) is 109 cm³/mol. The molecule has 1 atom stereocenters. The Morgan fingerprint density at radius 1 is 1.20 bits per heavy atom. The van der Waals surface area contributed by atoms with E-state index < -0.39 is 18.7 Å². The predicted octanol–water partition coefficient (Wildman–Crippen LogP) is 5.63. The zero-order chi connectivity index (χ0) is 21.9. The van der Waals surface area contributed by atoms with E-state index in [0.717, 1.165) is 24.0 Å². The van der Waals surface area contributed by atoms with Crippen LogP contribution >= 0.6 is 0 Å². The van der Waals surface area contributed by atoms with Crippen molar-refractivity contribution in [3.8, 4) is 16.9 Å². The van der Waals surface area contributed by atoms with E-state index in [1.807, 2.05) is 31.2 Å². The number of alkyl halides is 3. The van der Waals surface area contributed by atoms with Crippen molar-refractivity contribution in [1.82, 2.24) is 0 Å². The maximum Gasteiger partial charge on any atom is 0.422 e. The molecule has 0 radical (unpaired) electrons. The van der Waals surface area contributed by atoms with E-state index in [-0.39, 0.29) is 24.0 Å². The maximum absolute atomic E-state index is 12.8. The first kappa shape index (κ1) is 22.0. The molecular formula is C23H26F3NO3. The zero-order valence-electron chi connectivity index (χ0n) is 17.1. The number of halogens is 3. The normalized spacial score (nSPS) is 15.0. The fourth-order valence-corrected chi connectivity index (χ4v) is 3.40. The van der Waals surface area contributed by atoms with E-state index in [4.69, 9.17) is 15.2 Å². The Morgan fingerprint density at radius 2 is 1.87 bits per heavy atom. The molecule has 4 nitrogen and oxygen atoms in total. The highest BCUT2D eigenvalue weighted by Crippen LogP contribution is 2.43. The molecule has 0 spiro atoms. The Labute approximate surface area is 174 Å². The highest BCUT2D eigenvalue weighted by molar-refractivity contribution is 5.85. The first-order chi connectivity index (χ1) is 14.2. The van der Waals surface area contributed by atoms with E-state index in [0.29, 0.717) is 23.5 Å². The zero-order valence-corrected chi connectivity index (χ0v) is 17.1. The molecule has 162 valence electrons. The van der Waals surface area contributed by atoms with Gasteiger partial charge in [0.15, 0.2) is 6.61 Å². The second kappa shape index (κ2) is 8.98. The van der Waals surface area contributed by atoms with Crippen LogP contribution < -0.4 is 10.5 Å². The van der Waals surface area contributed by atoms with Crippen LogP contribution in [0.3, 0.4) is 0 Å². The van der Waals surface area contributed by atoms with Crippen molar-refractivity contribution < 1.29 is 27.4 Å². The Balaban J connectivity index is 2.06. The molecule has 0 bridgehead atoms. The van der Waals surface area contributed by atoms with Crippen LogP contribution in [0.2, 0.25) is 0 Å². The number of rotatable bonds is 8. The minimum atomic E-state index is -4.50. The standard InChI is InChI=1S/C23H26F3NO3/c1-3-29-22(28)19(10-15-6-7-15)17-11-18(16-8-4-14(2)5-9-16)21(27)20(12-17)30-13-23(24,25)26/h4-5,8-9,11-12,15,19H,3,6-7,10,13,27H2,1-2H3. The Hall–Kier alpha value is -2.70. The molecule has 0 heterocycles. The first-order valence-corrected chi connectivity index (χ1v) is 10.0. The summed E-state index contributed by atoms with van der Waals surface area (Å²) in [7, 11) is 0. The number of benzene rings is 2. The lowest BCUT2D eigenvalue weighted by atomic mass is 9.89. The van der Waals surface area contributed by atoms with Crippen molar-refractivity contribution in [2.24, 2.45) is 5.92 Å². The average molecular weight is 421 g/mol. The average Bonchev–Trinajstić information content (AvgIpc) is 3.50.